The van der Waals surface area contributed by atoms with Crippen LogP contribution in [0.25, 0.3) is 0 Å². The lowest BCUT2D eigenvalue weighted by Gasteiger charge is -2.08. The van der Waals surface area contributed by atoms with Gasteiger partial charge in [-0.3, -0.25) is 14.9 Å². The van der Waals surface area contributed by atoms with Crippen molar-refractivity contribution in [3.63, 3.8) is 0 Å². The quantitative estimate of drug-likeness (QED) is 0.403. The largest absolute Gasteiger partial charge is 0.494 e. The Hall–Kier alpha value is -2.89. The fraction of sp³-hybridized carbons (Fsp3) is 0.316. The molecule has 0 saturated carbocycles. The van der Waals surface area contributed by atoms with Crippen LogP contribution in [-0.4, -0.2) is 17.4 Å². The molecule has 0 heterocycles. The highest BCUT2D eigenvalue weighted by atomic mass is 16.6. The summed E-state index contributed by atoms with van der Waals surface area (Å²) in [6.07, 6.45) is 4.62. The van der Waals surface area contributed by atoms with E-state index >= 15 is 0 Å². The van der Waals surface area contributed by atoms with Crippen molar-refractivity contribution in [1.29, 1.82) is 0 Å². The van der Waals surface area contributed by atoms with Gasteiger partial charge in [0, 0.05) is 23.4 Å². The van der Waals surface area contributed by atoms with E-state index in [0.29, 0.717) is 17.9 Å². The molecule has 0 aliphatic carbocycles. The molecule has 0 fully saturated rings. The van der Waals surface area contributed by atoms with Gasteiger partial charge in [-0.1, -0.05) is 26.2 Å². The van der Waals surface area contributed by atoms with Gasteiger partial charge in [0.2, 0.25) is 0 Å². The highest BCUT2D eigenvalue weighted by Crippen LogP contribution is 2.18. The van der Waals surface area contributed by atoms with Gasteiger partial charge in [0.25, 0.3) is 11.6 Å². The Labute approximate surface area is 147 Å². The molecular weight excluding hydrogens is 320 g/mol. The molecule has 0 unspecified atom stereocenters. The number of nitro groups is 1. The number of anilines is 1. The number of carbonyl (C=O) groups is 1. The van der Waals surface area contributed by atoms with Gasteiger partial charge in [-0.05, 0) is 42.8 Å². The fourth-order valence-electron chi connectivity index (χ4n) is 2.29. The second kappa shape index (κ2) is 9.42. The Morgan fingerprint density at radius 3 is 2.32 bits per heavy atom. The highest BCUT2D eigenvalue weighted by Gasteiger charge is 2.09. The first kappa shape index (κ1) is 18.4. The van der Waals surface area contributed by atoms with Crippen LogP contribution in [0.1, 0.15) is 43.0 Å². The second-order valence-electron chi connectivity index (χ2n) is 5.69. The van der Waals surface area contributed by atoms with Crippen LogP contribution in [0.2, 0.25) is 0 Å². The van der Waals surface area contributed by atoms with Crippen LogP contribution in [0.15, 0.2) is 48.5 Å². The minimum absolute atomic E-state index is 0.0445. The van der Waals surface area contributed by atoms with E-state index in [2.05, 4.69) is 12.2 Å². The Kier molecular flexibility index (Phi) is 6.95. The molecule has 0 aromatic heterocycles. The number of nitrogens with one attached hydrogen (secondary N) is 1. The summed E-state index contributed by atoms with van der Waals surface area (Å²) in [6, 6.07) is 12.6. The van der Waals surface area contributed by atoms with E-state index in [1.165, 1.54) is 43.5 Å². The number of nitrogens with zero attached hydrogens (tertiary/aromatic N) is 1. The lowest BCUT2D eigenvalue weighted by molar-refractivity contribution is -0.384. The van der Waals surface area contributed by atoms with Gasteiger partial charge in [-0.2, -0.15) is 0 Å². The van der Waals surface area contributed by atoms with E-state index in [-0.39, 0.29) is 11.6 Å². The number of benzene rings is 2. The van der Waals surface area contributed by atoms with Crippen LogP contribution in [0, 0.1) is 10.1 Å². The van der Waals surface area contributed by atoms with Crippen LogP contribution in [0.3, 0.4) is 0 Å². The van der Waals surface area contributed by atoms with Crippen molar-refractivity contribution in [2.45, 2.75) is 32.6 Å². The summed E-state index contributed by atoms with van der Waals surface area (Å²) in [5, 5.41) is 13.4. The van der Waals surface area contributed by atoms with Gasteiger partial charge >= 0.3 is 0 Å². The average molecular weight is 342 g/mol. The summed E-state index contributed by atoms with van der Waals surface area (Å²) >= 11 is 0. The Balaban J connectivity index is 1.85. The first-order chi connectivity index (χ1) is 12.1. The molecule has 2 rings (SSSR count). The van der Waals surface area contributed by atoms with E-state index < -0.39 is 4.92 Å². The van der Waals surface area contributed by atoms with Crippen molar-refractivity contribution in [3.05, 3.63) is 64.2 Å². The fourth-order valence-corrected chi connectivity index (χ4v) is 2.29. The zero-order valence-electron chi connectivity index (χ0n) is 14.2. The number of ether oxygens (including phenoxy) is 1. The average Bonchev–Trinajstić information content (AvgIpc) is 2.63. The number of unbranched alkanes of at least 4 members (excludes halogenated alkanes) is 3. The number of hydrogen-bond donors (Lipinski definition) is 1. The molecule has 2 aromatic rings. The number of amides is 1. The number of rotatable bonds is 9. The summed E-state index contributed by atoms with van der Waals surface area (Å²) < 4.78 is 5.66. The van der Waals surface area contributed by atoms with Crippen molar-refractivity contribution < 1.29 is 14.5 Å². The predicted octanol–water partition coefficient (Wildman–Crippen LogP) is 4.81. The lowest BCUT2D eigenvalue weighted by Crippen LogP contribution is -2.11. The smallest absolute Gasteiger partial charge is 0.269 e. The maximum absolute atomic E-state index is 12.1. The third-order valence-corrected chi connectivity index (χ3v) is 3.72. The summed E-state index contributed by atoms with van der Waals surface area (Å²) in [7, 11) is 0. The minimum atomic E-state index is -0.497. The monoisotopic (exact) mass is 342 g/mol. The molecule has 6 heteroatoms. The molecule has 1 amide bonds. The third-order valence-electron chi connectivity index (χ3n) is 3.72. The standard InChI is InChI=1S/C19H22N2O4/c1-2-3-4-5-14-25-18-12-8-16(9-13-18)20-19(22)15-6-10-17(11-7-15)21(23)24/h6-13H,2-5,14H2,1H3,(H,20,22). The van der Waals surface area contributed by atoms with Crippen molar-refractivity contribution in [1.82, 2.24) is 0 Å². The van der Waals surface area contributed by atoms with Gasteiger partial charge in [-0.25, -0.2) is 0 Å². The molecule has 0 aliphatic rings. The first-order valence-corrected chi connectivity index (χ1v) is 8.39. The van der Waals surface area contributed by atoms with Crippen molar-refractivity contribution >= 4 is 17.3 Å². The Morgan fingerprint density at radius 1 is 1.04 bits per heavy atom. The minimum Gasteiger partial charge on any atom is -0.494 e. The maximum Gasteiger partial charge on any atom is 0.269 e. The van der Waals surface area contributed by atoms with E-state index in [4.69, 9.17) is 4.74 Å². The molecule has 6 nitrogen and oxygen atoms in total. The summed E-state index contributed by atoms with van der Waals surface area (Å²) in [6.45, 7) is 2.86. The zero-order valence-corrected chi connectivity index (χ0v) is 14.2. The lowest BCUT2D eigenvalue weighted by atomic mass is 10.2. The summed E-state index contributed by atoms with van der Waals surface area (Å²) in [4.78, 5) is 22.3. The number of non-ortho nitro benzene ring substituents is 1. The van der Waals surface area contributed by atoms with E-state index in [1.54, 1.807) is 12.1 Å². The van der Waals surface area contributed by atoms with Crippen LogP contribution in [0.5, 0.6) is 5.75 Å². The summed E-state index contributed by atoms with van der Waals surface area (Å²) in [5.41, 5.74) is 0.959. The number of carbonyl (C=O) groups excluding carboxylic acids is 1. The Morgan fingerprint density at radius 2 is 1.72 bits per heavy atom. The van der Waals surface area contributed by atoms with E-state index in [9.17, 15) is 14.9 Å². The zero-order chi connectivity index (χ0) is 18.1. The van der Waals surface area contributed by atoms with Crippen LogP contribution in [-0.2, 0) is 0 Å². The molecule has 25 heavy (non-hydrogen) atoms. The molecule has 0 bridgehead atoms. The van der Waals surface area contributed by atoms with Gasteiger partial charge in [0.1, 0.15) is 5.75 Å². The van der Waals surface area contributed by atoms with E-state index in [0.717, 1.165) is 12.2 Å². The van der Waals surface area contributed by atoms with Crippen LogP contribution in [0.4, 0.5) is 11.4 Å². The topological polar surface area (TPSA) is 81.5 Å². The SMILES string of the molecule is CCCCCCOc1ccc(NC(=O)c2ccc([N+](=O)[O-])cc2)cc1. The normalized spacial score (nSPS) is 10.3. The molecule has 0 saturated heterocycles. The first-order valence-electron chi connectivity index (χ1n) is 8.39. The van der Waals surface area contributed by atoms with Gasteiger partial charge < -0.3 is 10.1 Å². The van der Waals surface area contributed by atoms with Crippen LogP contribution >= 0.6 is 0 Å². The van der Waals surface area contributed by atoms with Crippen molar-refractivity contribution in [2.24, 2.45) is 0 Å². The predicted molar refractivity (Wildman–Crippen MR) is 97.1 cm³/mol. The molecule has 1 N–H and O–H groups in total. The van der Waals surface area contributed by atoms with Crippen molar-refractivity contribution in [3.8, 4) is 5.75 Å². The van der Waals surface area contributed by atoms with Gasteiger partial charge in [-0.15, -0.1) is 0 Å². The number of nitro benzene ring substituents is 1. The molecule has 132 valence electrons. The van der Waals surface area contributed by atoms with Gasteiger partial charge in [0.15, 0.2) is 0 Å². The van der Waals surface area contributed by atoms with E-state index in [1.807, 2.05) is 12.1 Å². The highest BCUT2D eigenvalue weighted by molar-refractivity contribution is 6.04. The molecule has 0 spiro atoms. The molecule has 0 aliphatic heterocycles. The summed E-state index contributed by atoms with van der Waals surface area (Å²) in [5.74, 6) is 0.452. The molecule has 0 atom stereocenters. The Bertz CT molecular complexity index is 696. The van der Waals surface area contributed by atoms with Crippen molar-refractivity contribution in [2.75, 3.05) is 11.9 Å². The second-order valence-corrected chi connectivity index (χ2v) is 5.69. The van der Waals surface area contributed by atoms with Crippen LogP contribution < -0.4 is 10.1 Å². The third kappa shape index (κ3) is 5.91. The number of hydrogen-bond acceptors (Lipinski definition) is 4. The van der Waals surface area contributed by atoms with Gasteiger partial charge in [0.05, 0.1) is 11.5 Å². The molecule has 2 aromatic carbocycles. The molecular formula is C19H22N2O4. The molecule has 0 radical (unpaired) electrons. The maximum atomic E-state index is 12.1.